The summed E-state index contributed by atoms with van der Waals surface area (Å²) >= 11 is 0. The average molecular weight is 353 g/mol. The third kappa shape index (κ3) is 3.14. The maximum absolute atomic E-state index is 12.7. The highest BCUT2D eigenvalue weighted by atomic mass is 16.2. The summed E-state index contributed by atoms with van der Waals surface area (Å²) in [6, 6.07) is 10.4. The monoisotopic (exact) mass is 353 g/mol. The van der Waals surface area contributed by atoms with Gasteiger partial charge < -0.3 is 4.57 Å². The van der Waals surface area contributed by atoms with E-state index in [2.05, 4.69) is 11.5 Å². The molecule has 2 heterocycles. The van der Waals surface area contributed by atoms with Crippen LogP contribution in [0.1, 0.15) is 35.1 Å². The first-order chi connectivity index (χ1) is 12.4. The van der Waals surface area contributed by atoms with Gasteiger partial charge >= 0.3 is 6.03 Å². The number of amides is 3. The molecule has 1 aliphatic rings. The Labute approximate surface area is 153 Å². The van der Waals surface area contributed by atoms with Crippen molar-refractivity contribution in [3.8, 4) is 0 Å². The zero-order valence-electron chi connectivity index (χ0n) is 15.4. The molecule has 1 fully saturated rings. The number of nitrogens with zero attached hydrogens (tertiary/aromatic N) is 3. The van der Waals surface area contributed by atoms with E-state index >= 15 is 0 Å². The molecule has 6 heteroatoms. The molecule has 26 heavy (non-hydrogen) atoms. The lowest BCUT2D eigenvalue weighted by molar-refractivity contribution is -0.124. The van der Waals surface area contributed by atoms with Crippen LogP contribution in [-0.4, -0.2) is 40.3 Å². The lowest BCUT2D eigenvalue weighted by Crippen LogP contribution is -2.37. The summed E-state index contributed by atoms with van der Waals surface area (Å²) in [4.78, 5) is 40.1. The van der Waals surface area contributed by atoms with Crippen molar-refractivity contribution in [1.82, 2.24) is 9.47 Å². The number of aryl methyl sites for hydroxylation is 1. The van der Waals surface area contributed by atoms with E-state index in [9.17, 15) is 14.4 Å². The summed E-state index contributed by atoms with van der Waals surface area (Å²) in [5, 5.41) is 0. The summed E-state index contributed by atoms with van der Waals surface area (Å²) in [7, 11) is 0. The smallest absolute Gasteiger partial charge is 0.332 e. The molecule has 0 unspecified atom stereocenters. The summed E-state index contributed by atoms with van der Waals surface area (Å²) in [6.45, 7) is 6.53. The summed E-state index contributed by atoms with van der Waals surface area (Å²) in [5.74, 6) is -0.563. The Hall–Kier alpha value is -2.89. The molecule has 1 aliphatic heterocycles. The minimum absolute atomic E-state index is 0.0367. The van der Waals surface area contributed by atoms with E-state index < -0.39 is 6.03 Å². The molecule has 136 valence electrons. The Kier molecular flexibility index (Phi) is 4.93. The number of Topliss-reactive ketones (excluding diaryl/α,β-unsaturated/α-hetero) is 1. The molecule has 0 bridgehead atoms. The van der Waals surface area contributed by atoms with Crippen molar-refractivity contribution in [2.75, 3.05) is 18.0 Å². The number of carbonyl (C=O) groups excluding carboxylic acids is 3. The molecule has 3 rings (SSSR count). The maximum Gasteiger partial charge on any atom is 0.332 e. The van der Waals surface area contributed by atoms with Crippen LogP contribution in [0.2, 0.25) is 0 Å². The minimum Gasteiger partial charge on any atom is -0.348 e. The predicted octanol–water partition coefficient (Wildman–Crippen LogP) is 3.17. The van der Waals surface area contributed by atoms with Crippen molar-refractivity contribution in [2.24, 2.45) is 0 Å². The highest BCUT2D eigenvalue weighted by Gasteiger charge is 2.38. The number of para-hydroxylation sites is 1. The first-order valence-electron chi connectivity index (χ1n) is 8.80. The van der Waals surface area contributed by atoms with Crippen molar-refractivity contribution >= 4 is 23.4 Å². The summed E-state index contributed by atoms with van der Waals surface area (Å²) in [5.41, 5.74) is 3.13. The zero-order valence-corrected chi connectivity index (χ0v) is 15.4. The fourth-order valence-electron chi connectivity index (χ4n) is 3.39. The minimum atomic E-state index is -0.447. The highest BCUT2D eigenvalue weighted by Crippen LogP contribution is 2.22. The first-order valence-corrected chi connectivity index (χ1v) is 8.80. The van der Waals surface area contributed by atoms with E-state index in [0.29, 0.717) is 11.3 Å². The van der Waals surface area contributed by atoms with Gasteiger partial charge in [-0.1, -0.05) is 25.1 Å². The van der Waals surface area contributed by atoms with Crippen LogP contribution in [0.3, 0.4) is 0 Å². The van der Waals surface area contributed by atoms with E-state index in [0.717, 1.165) is 29.3 Å². The zero-order chi connectivity index (χ0) is 18.8. The molecule has 3 amide bonds. The molecule has 6 nitrogen and oxygen atoms in total. The van der Waals surface area contributed by atoms with Crippen molar-refractivity contribution in [3.05, 3.63) is 53.3 Å². The number of urea groups is 1. The number of carbonyl (C=O) groups is 3. The van der Waals surface area contributed by atoms with E-state index in [4.69, 9.17) is 0 Å². The fourth-order valence-corrected chi connectivity index (χ4v) is 3.39. The molecule has 0 spiro atoms. The van der Waals surface area contributed by atoms with Gasteiger partial charge in [0.2, 0.25) is 0 Å². The molecular formula is C20H23N3O3. The Bertz CT molecular complexity index is 855. The van der Waals surface area contributed by atoms with Crippen LogP contribution in [0.4, 0.5) is 10.5 Å². The van der Waals surface area contributed by atoms with Crippen molar-refractivity contribution in [3.63, 3.8) is 0 Å². The van der Waals surface area contributed by atoms with Gasteiger partial charge in [-0.25, -0.2) is 4.79 Å². The third-order valence-electron chi connectivity index (χ3n) is 4.75. The van der Waals surface area contributed by atoms with Gasteiger partial charge in [0.1, 0.15) is 6.54 Å². The molecule has 2 aromatic rings. The Morgan fingerprint density at radius 2 is 1.81 bits per heavy atom. The number of rotatable bonds is 6. The van der Waals surface area contributed by atoms with Crippen LogP contribution >= 0.6 is 0 Å². The second kappa shape index (κ2) is 7.15. The van der Waals surface area contributed by atoms with Crippen LogP contribution in [0, 0.1) is 13.8 Å². The lowest BCUT2D eigenvalue weighted by Gasteiger charge is -2.16. The number of ketones is 1. The van der Waals surface area contributed by atoms with Crippen LogP contribution in [0.15, 0.2) is 36.4 Å². The van der Waals surface area contributed by atoms with E-state index in [1.165, 1.54) is 4.90 Å². The van der Waals surface area contributed by atoms with Crippen molar-refractivity contribution in [2.45, 2.75) is 33.7 Å². The highest BCUT2D eigenvalue weighted by molar-refractivity contribution is 6.15. The van der Waals surface area contributed by atoms with Gasteiger partial charge in [0.05, 0.1) is 6.54 Å². The van der Waals surface area contributed by atoms with Gasteiger partial charge in [-0.3, -0.25) is 19.4 Å². The fraction of sp³-hybridized carbons (Fsp3) is 0.350. The molecule has 0 saturated carbocycles. The van der Waals surface area contributed by atoms with Gasteiger partial charge in [-0.15, -0.1) is 0 Å². The van der Waals surface area contributed by atoms with E-state index in [-0.39, 0.29) is 24.8 Å². The maximum atomic E-state index is 12.7. The van der Waals surface area contributed by atoms with Crippen molar-refractivity contribution in [1.29, 1.82) is 0 Å². The molecule has 0 N–H and O–H groups in total. The Morgan fingerprint density at radius 1 is 1.12 bits per heavy atom. The second-order valence-corrected chi connectivity index (χ2v) is 6.54. The van der Waals surface area contributed by atoms with Crippen molar-refractivity contribution < 1.29 is 14.4 Å². The SMILES string of the molecule is CCCn1c(C)cc(C(=O)CN2C(=O)CN(c3ccccc3)C2=O)c1C. The van der Waals surface area contributed by atoms with Gasteiger partial charge in [0.25, 0.3) is 5.91 Å². The van der Waals surface area contributed by atoms with Crippen LogP contribution in [-0.2, 0) is 11.3 Å². The van der Waals surface area contributed by atoms with Crippen LogP contribution in [0.25, 0.3) is 0 Å². The van der Waals surface area contributed by atoms with Gasteiger partial charge in [0.15, 0.2) is 5.78 Å². The third-order valence-corrected chi connectivity index (χ3v) is 4.75. The second-order valence-electron chi connectivity index (χ2n) is 6.54. The number of benzene rings is 1. The van der Waals surface area contributed by atoms with Crippen LogP contribution in [0.5, 0.6) is 0 Å². The van der Waals surface area contributed by atoms with Gasteiger partial charge in [-0.2, -0.15) is 0 Å². The number of aromatic nitrogens is 1. The number of hydrogen-bond donors (Lipinski definition) is 0. The summed E-state index contributed by atoms with van der Waals surface area (Å²) in [6.07, 6.45) is 0.971. The Morgan fingerprint density at radius 3 is 2.46 bits per heavy atom. The normalized spacial score (nSPS) is 14.4. The quantitative estimate of drug-likeness (QED) is 0.592. The topological polar surface area (TPSA) is 62.6 Å². The lowest BCUT2D eigenvalue weighted by atomic mass is 10.1. The molecule has 1 saturated heterocycles. The van der Waals surface area contributed by atoms with Crippen LogP contribution < -0.4 is 4.90 Å². The standard InChI is InChI=1S/C20H23N3O3/c1-4-10-21-14(2)11-17(15(21)3)18(24)12-23-19(25)13-22(20(23)26)16-8-6-5-7-9-16/h5-9,11H,4,10,12-13H2,1-3H3. The van der Waals surface area contributed by atoms with E-state index in [1.54, 1.807) is 12.1 Å². The molecule has 1 aromatic carbocycles. The molecule has 0 atom stereocenters. The summed E-state index contributed by atoms with van der Waals surface area (Å²) < 4.78 is 2.09. The number of hydrogen-bond acceptors (Lipinski definition) is 3. The average Bonchev–Trinajstić information content (AvgIpc) is 3.07. The molecule has 1 aromatic heterocycles. The number of anilines is 1. The predicted molar refractivity (Wildman–Crippen MR) is 99.4 cm³/mol. The molecular weight excluding hydrogens is 330 g/mol. The first kappa shape index (κ1) is 17.9. The molecule has 0 aliphatic carbocycles. The molecule has 0 radical (unpaired) electrons. The van der Waals surface area contributed by atoms with Gasteiger partial charge in [-0.05, 0) is 38.5 Å². The van der Waals surface area contributed by atoms with Gasteiger partial charge in [0, 0.05) is 29.2 Å². The number of imide groups is 1. The Balaban J connectivity index is 1.79. The van der Waals surface area contributed by atoms with E-state index in [1.807, 2.05) is 38.1 Å². The largest absolute Gasteiger partial charge is 0.348 e.